The van der Waals surface area contributed by atoms with Crippen LogP contribution in [0, 0.1) is 0 Å². The van der Waals surface area contributed by atoms with Crippen LogP contribution in [0.15, 0.2) is 38.0 Å². The van der Waals surface area contributed by atoms with Gasteiger partial charge in [0.15, 0.2) is 0 Å². The highest BCUT2D eigenvalue weighted by Crippen LogP contribution is 2.03. The molecular formula is C13H22O8S2. The van der Waals surface area contributed by atoms with Gasteiger partial charge in [0.25, 0.3) is 0 Å². The molecule has 0 radical (unpaired) electrons. The molecule has 0 spiro atoms. The summed E-state index contributed by atoms with van der Waals surface area (Å²) in [4.78, 5) is 27.8. The number of carbonyl (C=O) groups is 3. The van der Waals surface area contributed by atoms with E-state index in [1.54, 1.807) is 0 Å². The van der Waals surface area contributed by atoms with Crippen LogP contribution in [0.25, 0.3) is 0 Å². The first kappa shape index (κ1) is 29.3. The van der Waals surface area contributed by atoms with E-state index in [9.17, 15) is 14.4 Å². The number of aliphatic carboxylic acids is 3. The molecule has 0 aromatic heterocycles. The molecule has 0 atom stereocenters. The maximum absolute atomic E-state index is 9.29. The van der Waals surface area contributed by atoms with Crippen molar-refractivity contribution in [1.29, 1.82) is 0 Å². The van der Waals surface area contributed by atoms with Crippen LogP contribution >= 0.6 is 25.3 Å². The van der Waals surface area contributed by atoms with Gasteiger partial charge in [-0.05, 0) is 0 Å². The van der Waals surface area contributed by atoms with Crippen molar-refractivity contribution in [1.82, 2.24) is 0 Å². The highest BCUT2D eigenvalue weighted by Gasteiger charge is 2.14. The lowest BCUT2D eigenvalue weighted by Crippen LogP contribution is -2.26. The van der Waals surface area contributed by atoms with E-state index in [0.29, 0.717) is 0 Å². The van der Waals surface area contributed by atoms with Gasteiger partial charge in [-0.3, -0.25) is 9.59 Å². The topological polar surface area (TPSA) is 152 Å². The summed E-state index contributed by atoms with van der Waals surface area (Å²) in [6.07, 6.45) is 3.31. The van der Waals surface area contributed by atoms with E-state index in [-0.39, 0.29) is 18.1 Å². The van der Waals surface area contributed by atoms with Gasteiger partial charge >= 0.3 is 17.9 Å². The molecule has 0 saturated carbocycles. The van der Waals surface area contributed by atoms with Crippen molar-refractivity contribution >= 4 is 43.2 Å². The molecule has 0 unspecified atom stereocenters. The van der Waals surface area contributed by atoms with Gasteiger partial charge in [0.2, 0.25) is 0 Å². The Labute approximate surface area is 145 Å². The van der Waals surface area contributed by atoms with E-state index in [0.717, 1.165) is 6.08 Å². The Morgan fingerprint density at radius 3 is 1.13 bits per heavy atom. The van der Waals surface area contributed by atoms with Crippen LogP contribution < -0.4 is 0 Å². The first-order valence-corrected chi connectivity index (χ1v) is 6.87. The second kappa shape index (κ2) is 20.2. The van der Waals surface area contributed by atoms with E-state index in [4.69, 9.17) is 25.5 Å². The van der Waals surface area contributed by atoms with Crippen LogP contribution in [0.1, 0.15) is 0 Å². The van der Waals surface area contributed by atoms with Crippen molar-refractivity contribution in [2.45, 2.75) is 5.60 Å². The lowest BCUT2D eigenvalue weighted by atomic mass is 10.1. The first-order chi connectivity index (χ1) is 10.5. The largest absolute Gasteiger partial charge is 0.481 e. The smallest absolute Gasteiger partial charge is 0.327 e. The summed E-state index contributed by atoms with van der Waals surface area (Å²) in [5.41, 5.74) is -1.29. The zero-order valence-corrected chi connectivity index (χ0v) is 14.1. The number of thiol groups is 2. The Balaban J connectivity index is -0.000000108. The summed E-state index contributed by atoms with van der Waals surface area (Å²) >= 11 is 6.83. The minimum Gasteiger partial charge on any atom is -0.481 e. The summed E-state index contributed by atoms with van der Waals surface area (Å²) in [6, 6.07) is 0. The minimum atomic E-state index is -1.29. The van der Waals surface area contributed by atoms with Gasteiger partial charge in [-0.2, -0.15) is 25.3 Å². The predicted molar refractivity (Wildman–Crippen MR) is 93.2 cm³/mol. The van der Waals surface area contributed by atoms with Crippen LogP contribution in [0.5, 0.6) is 0 Å². The standard InChI is InChI=1S/C6H10O2.C3H4O2.2C2H4O2S/c1-3-6(8,4-2)5-7;1-2-3(4)5;2*3-2(4)1-5/h3-4,7-8H,1-2,5H2;2H,1H2,(H,4,5);2*5H,1H2,(H,3,4). The zero-order chi connectivity index (χ0) is 19.5. The van der Waals surface area contributed by atoms with Gasteiger partial charge < -0.3 is 25.5 Å². The Hall–Kier alpha value is -1.75. The monoisotopic (exact) mass is 370 g/mol. The number of hydrogen-bond acceptors (Lipinski definition) is 7. The SMILES string of the molecule is C=CC(=O)O.C=CC(O)(C=C)CO.O=C(O)CS.O=C(O)CS. The first-order valence-electron chi connectivity index (χ1n) is 5.61. The van der Waals surface area contributed by atoms with Gasteiger partial charge in [-0.25, -0.2) is 4.79 Å². The highest BCUT2D eigenvalue weighted by atomic mass is 32.1. The fourth-order valence-electron chi connectivity index (χ4n) is 0.212. The van der Waals surface area contributed by atoms with Crippen molar-refractivity contribution in [3.05, 3.63) is 38.0 Å². The quantitative estimate of drug-likeness (QED) is 0.201. The Morgan fingerprint density at radius 2 is 1.13 bits per heavy atom. The van der Waals surface area contributed by atoms with Gasteiger partial charge in [-0.1, -0.05) is 31.9 Å². The minimum absolute atomic E-state index is 0.0833. The maximum Gasteiger partial charge on any atom is 0.327 e. The lowest BCUT2D eigenvalue weighted by Gasteiger charge is -2.14. The Bertz CT molecular complexity index is 360. The van der Waals surface area contributed by atoms with Crippen molar-refractivity contribution in [2.75, 3.05) is 18.1 Å². The second-order valence-corrected chi connectivity index (χ2v) is 3.84. The summed E-state index contributed by atoms with van der Waals surface area (Å²) in [5, 5.41) is 40.2. The molecular weight excluding hydrogens is 348 g/mol. The van der Waals surface area contributed by atoms with Crippen LogP contribution in [-0.4, -0.2) is 67.2 Å². The zero-order valence-electron chi connectivity index (χ0n) is 12.3. The van der Waals surface area contributed by atoms with Crippen LogP contribution in [0.2, 0.25) is 0 Å². The molecule has 0 aliphatic heterocycles. The van der Waals surface area contributed by atoms with Crippen molar-refractivity contribution in [3.63, 3.8) is 0 Å². The third kappa shape index (κ3) is 38.4. The summed E-state index contributed by atoms with van der Waals surface area (Å²) in [5.74, 6) is -2.91. The number of rotatable bonds is 6. The molecule has 0 aromatic carbocycles. The lowest BCUT2D eigenvalue weighted by molar-refractivity contribution is -0.134. The number of hydrogen-bond donors (Lipinski definition) is 7. The van der Waals surface area contributed by atoms with E-state index in [1.807, 2.05) is 0 Å². The molecule has 0 bridgehead atoms. The van der Waals surface area contributed by atoms with Crippen LogP contribution in [-0.2, 0) is 14.4 Å². The predicted octanol–water partition coefficient (Wildman–Crippen LogP) is 0.340. The summed E-state index contributed by atoms with van der Waals surface area (Å²) in [7, 11) is 0. The van der Waals surface area contributed by atoms with E-state index < -0.39 is 23.5 Å². The number of carboxylic acid groups (broad SMARTS) is 3. The number of carboxylic acids is 3. The molecule has 0 fully saturated rings. The van der Waals surface area contributed by atoms with Gasteiger partial charge in [0, 0.05) is 6.08 Å². The molecule has 0 saturated heterocycles. The molecule has 8 nitrogen and oxygen atoms in total. The molecule has 0 aromatic rings. The molecule has 134 valence electrons. The fraction of sp³-hybridized carbons (Fsp3) is 0.308. The molecule has 23 heavy (non-hydrogen) atoms. The van der Waals surface area contributed by atoms with Crippen LogP contribution in [0.4, 0.5) is 0 Å². The average molecular weight is 370 g/mol. The average Bonchev–Trinajstić information content (AvgIpc) is 2.55. The van der Waals surface area contributed by atoms with Gasteiger partial charge in [0.05, 0.1) is 18.1 Å². The molecule has 0 aliphatic carbocycles. The third-order valence-corrected chi connectivity index (χ3v) is 1.95. The summed E-state index contributed by atoms with van der Waals surface area (Å²) in [6.45, 7) is 9.19. The number of aliphatic hydroxyl groups excluding tert-OH is 1. The second-order valence-electron chi connectivity index (χ2n) is 3.20. The summed E-state index contributed by atoms with van der Waals surface area (Å²) < 4.78 is 0. The van der Waals surface area contributed by atoms with Gasteiger partial charge in [-0.15, -0.1) is 0 Å². The maximum atomic E-state index is 9.29. The molecule has 5 N–H and O–H groups in total. The Kier molecular flexibility index (Phi) is 25.8. The third-order valence-electron chi connectivity index (χ3n) is 1.41. The van der Waals surface area contributed by atoms with E-state index in [1.165, 1.54) is 12.2 Å². The van der Waals surface area contributed by atoms with Crippen molar-refractivity contribution in [2.24, 2.45) is 0 Å². The fourth-order valence-corrected chi connectivity index (χ4v) is 0.212. The molecule has 0 heterocycles. The normalized spacial score (nSPS) is 8.35. The Morgan fingerprint density at radius 1 is 0.913 bits per heavy atom. The number of aliphatic hydroxyl groups is 2. The van der Waals surface area contributed by atoms with Crippen molar-refractivity contribution in [3.8, 4) is 0 Å². The van der Waals surface area contributed by atoms with E-state index >= 15 is 0 Å². The van der Waals surface area contributed by atoms with Crippen molar-refractivity contribution < 1.29 is 39.9 Å². The van der Waals surface area contributed by atoms with E-state index in [2.05, 4.69) is 45.0 Å². The molecule has 0 aliphatic rings. The molecule has 10 heteroatoms. The molecule has 0 amide bonds. The van der Waals surface area contributed by atoms with Crippen LogP contribution in [0.3, 0.4) is 0 Å². The highest BCUT2D eigenvalue weighted by molar-refractivity contribution is 7.81. The molecule has 0 rings (SSSR count). The van der Waals surface area contributed by atoms with Gasteiger partial charge in [0.1, 0.15) is 5.60 Å².